The van der Waals surface area contributed by atoms with E-state index in [9.17, 15) is 22.4 Å². The maximum absolute atomic E-state index is 14.5. The van der Waals surface area contributed by atoms with E-state index >= 15 is 0 Å². The average Bonchev–Trinajstić information content (AvgIpc) is 3.26. The second kappa shape index (κ2) is 9.45. The third-order valence-corrected chi connectivity index (χ3v) is 4.94. The van der Waals surface area contributed by atoms with Crippen LogP contribution in [0.2, 0.25) is 0 Å². The zero-order chi connectivity index (χ0) is 25.2. The third kappa shape index (κ3) is 5.57. The monoisotopic (exact) mass is 485 g/mol. The smallest absolute Gasteiger partial charge is 0.416 e. The average molecular weight is 485 g/mol. The van der Waals surface area contributed by atoms with Crippen molar-refractivity contribution in [1.82, 2.24) is 14.5 Å². The number of halogens is 4. The van der Waals surface area contributed by atoms with Gasteiger partial charge in [0.15, 0.2) is 0 Å². The minimum Gasteiger partial charge on any atom is -0.439 e. The molecule has 180 valence electrons. The minimum absolute atomic E-state index is 0.0833. The maximum atomic E-state index is 14.5. The third-order valence-electron chi connectivity index (χ3n) is 4.94. The van der Waals surface area contributed by atoms with Crippen molar-refractivity contribution in [3.63, 3.8) is 0 Å². The first-order valence-corrected chi connectivity index (χ1v) is 10.2. The summed E-state index contributed by atoms with van der Waals surface area (Å²) in [5.41, 5.74) is 0.0691. The molecule has 2 heterocycles. The lowest BCUT2D eigenvalue weighted by Gasteiger charge is -2.20. The Hall–Kier alpha value is -4.41. The number of benzene rings is 2. The van der Waals surface area contributed by atoms with Gasteiger partial charge in [-0.1, -0.05) is 12.1 Å². The molecule has 7 nitrogen and oxygen atoms in total. The van der Waals surface area contributed by atoms with Crippen LogP contribution < -0.4 is 15.0 Å². The standard InChI is InChI=1S/C24H19F4N5O2/c1-32-13-20(29-14-32)19-7-4-8-22(31-19)35-17-9-10-18(25)21(12-17)33(2)23(34)30-16-6-3-5-15(11-16)24(26,27)28/h3-14H,1-2H3,(H,30,34). The van der Waals surface area contributed by atoms with Gasteiger partial charge in [-0.2, -0.15) is 13.2 Å². The molecule has 0 saturated carbocycles. The number of imidazole rings is 1. The van der Waals surface area contributed by atoms with Crippen LogP contribution in [-0.2, 0) is 13.2 Å². The molecular weight excluding hydrogens is 466 g/mol. The molecule has 4 rings (SSSR count). The molecule has 11 heteroatoms. The summed E-state index contributed by atoms with van der Waals surface area (Å²) in [5.74, 6) is -0.304. The van der Waals surface area contributed by atoms with Crippen molar-refractivity contribution in [2.75, 3.05) is 17.3 Å². The lowest BCUT2D eigenvalue weighted by molar-refractivity contribution is -0.137. The Bertz CT molecular complexity index is 1370. The summed E-state index contributed by atoms with van der Waals surface area (Å²) in [7, 11) is 3.11. The number of carbonyl (C=O) groups excluding carboxylic acids is 1. The summed E-state index contributed by atoms with van der Waals surface area (Å²) in [4.78, 5) is 22.2. The van der Waals surface area contributed by atoms with Crippen LogP contribution in [0.25, 0.3) is 11.4 Å². The van der Waals surface area contributed by atoms with Crippen LogP contribution in [0.15, 0.2) is 73.2 Å². The first-order valence-electron chi connectivity index (χ1n) is 10.2. The number of ether oxygens (including phenoxy) is 1. The summed E-state index contributed by atoms with van der Waals surface area (Å²) >= 11 is 0. The molecule has 4 aromatic rings. The van der Waals surface area contributed by atoms with E-state index in [0.717, 1.165) is 23.1 Å². The number of nitrogens with one attached hydrogen (secondary N) is 1. The van der Waals surface area contributed by atoms with Gasteiger partial charge in [0.25, 0.3) is 0 Å². The van der Waals surface area contributed by atoms with E-state index in [-0.39, 0.29) is 23.0 Å². The van der Waals surface area contributed by atoms with Crippen LogP contribution in [0.4, 0.5) is 33.7 Å². The van der Waals surface area contributed by atoms with Gasteiger partial charge in [0.05, 0.1) is 23.3 Å². The topological polar surface area (TPSA) is 72.3 Å². The molecule has 0 aliphatic rings. The fraction of sp³-hybridized carbons (Fsp3) is 0.125. The highest BCUT2D eigenvalue weighted by atomic mass is 19.4. The van der Waals surface area contributed by atoms with E-state index in [1.54, 1.807) is 35.3 Å². The number of carbonyl (C=O) groups is 1. The van der Waals surface area contributed by atoms with E-state index in [2.05, 4.69) is 15.3 Å². The Morgan fingerprint density at radius 3 is 2.54 bits per heavy atom. The Labute approximate surface area is 197 Å². The lowest BCUT2D eigenvalue weighted by Crippen LogP contribution is -2.31. The molecule has 0 unspecified atom stereocenters. The first kappa shape index (κ1) is 23.7. The summed E-state index contributed by atoms with van der Waals surface area (Å²) in [6, 6.07) is 12.2. The zero-order valence-corrected chi connectivity index (χ0v) is 18.5. The van der Waals surface area contributed by atoms with Crippen molar-refractivity contribution in [3.05, 3.63) is 84.6 Å². The van der Waals surface area contributed by atoms with Crippen molar-refractivity contribution in [1.29, 1.82) is 0 Å². The van der Waals surface area contributed by atoms with E-state index in [0.29, 0.717) is 11.4 Å². The second-order valence-electron chi connectivity index (χ2n) is 7.57. The molecule has 0 radical (unpaired) electrons. The highest BCUT2D eigenvalue weighted by Crippen LogP contribution is 2.32. The van der Waals surface area contributed by atoms with Crippen LogP contribution >= 0.6 is 0 Å². The number of nitrogens with zero attached hydrogens (tertiary/aromatic N) is 4. The van der Waals surface area contributed by atoms with Gasteiger partial charge >= 0.3 is 12.2 Å². The molecule has 0 aliphatic heterocycles. The van der Waals surface area contributed by atoms with Gasteiger partial charge in [0, 0.05) is 38.1 Å². The van der Waals surface area contributed by atoms with Gasteiger partial charge in [0.1, 0.15) is 17.3 Å². The van der Waals surface area contributed by atoms with Crippen molar-refractivity contribution in [3.8, 4) is 23.0 Å². The molecule has 0 atom stereocenters. The van der Waals surface area contributed by atoms with E-state index in [1.165, 1.54) is 31.3 Å². The molecule has 2 amide bonds. The van der Waals surface area contributed by atoms with Gasteiger partial charge in [0.2, 0.25) is 5.88 Å². The van der Waals surface area contributed by atoms with Crippen LogP contribution in [0.1, 0.15) is 5.56 Å². The number of amides is 2. The minimum atomic E-state index is -4.56. The van der Waals surface area contributed by atoms with Gasteiger partial charge in [-0.15, -0.1) is 0 Å². The van der Waals surface area contributed by atoms with E-state index < -0.39 is 23.6 Å². The maximum Gasteiger partial charge on any atom is 0.416 e. The van der Waals surface area contributed by atoms with Crippen LogP contribution in [-0.4, -0.2) is 27.6 Å². The first-order chi connectivity index (χ1) is 16.6. The molecule has 0 bridgehead atoms. The largest absolute Gasteiger partial charge is 0.439 e. The van der Waals surface area contributed by atoms with Gasteiger partial charge < -0.3 is 14.6 Å². The summed E-state index contributed by atoms with van der Waals surface area (Å²) in [5, 5.41) is 2.33. The number of pyridine rings is 1. The van der Waals surface area contributed by atoms with Gasteiger partial charge in [-0.25, -0.2) is 19.2 Å². The second-order valence-corrected chi connectivity index (χ2v) is 7.57. The van der Waals surface area contributed by atoms with Crippen molar-refractivity contribution < 1.29 is 27.1 Å². The molecule has 35 heavy (non-hydrogen) atoms. The molecule has 2 aromatic carbocycles. The summed E-state index contributed by atoms with van der Waals surface area (Å²) in [6.45, 7) is 0. The Balaban J connectivity index is 1.52. The zero-order valence-electron chi connectivity index (χ0n) is 18.5. The number of urea groups is 1. The Kier molecular flexibility index (Phi) is 6.41. The molecule has 0 fully saturated rings. The van der Waals surface area contributed by atoms with Crippen molar-refractivity contribution in [2.45, 2.75) is 6.18 Å². The molecule has 0 saturated heterocycles. The number of hydrogen-bond donors (Lipinski definition) is 1. The Morgan fingerprint density at radius 1 is 1.06 bits per heavy atom. The number of hydrogen-bond acceptors (Lipinski definition) is 4. The number of alkyl halides is 3. The van der Waals surface area contributed by atoms with Crippen LogP contribution in [0.5, 0.6) is 11.6 Å². The van der Waals surface area contributed by atoms with E-state index in [4.69, 9.17) is 4.74 Å². The number of rotatable bonds is 5. The predicted octanol–water partition coefficient (Wildman–Crippen LogP) is 6.10. The molecule has 0 spiro atoms. The number of aryl methyl sites for hydroxylation is 1. The SMILES string of the molecule is CN(C(=O)Nc1cccc(C(F)(F)F)c1)c1cc(Oc2cccc(-c3cn(C)cn3)n2)ccc1F. The van der Waals surface area contributed by atoms with Crippen LogP contribution in [0, 0.1) is 5.82 Å². The number of aromatic nitrogens is 3. The molecule has 2 aromatic heterocycles. The number of anilines is 2. The van der Waals surface area contributed by atoms with Gasteiger partial charge in [-0.05, 0) is 36.4 Å². The Morgan fingerprint density at radius 2 is 1.83 bits per heavy atom. The highest BCUT2D eigenvalue weighted by Gasteiger charge is 2.30. The quantitative estimate of drug-likeness (QED) is 0.347. The molecular formula is C24H19F4N5O2. The lowest BCUT2D eigenvalue weighted by atomic mass is 10.2. The van der Waals surface area contributed by atoms with Crippen molar-refractivity contribution in [2.24, 2.45) is 7.05 Å². The molecule has 0 aliphatic carbocycles. The highest BCUT2D eigenvalue weighted by molar-refractivity contribution is 6.01. The van der Waals surface area contributed by atoms with Gasteiger partial charge in [-0.3, -0.25) is 4.90 Å². The van der Waals surface area contributed by atoms with Crippen molar-refractivity contribution >= 4 is 17.4 Å². The van der Waals surface area contributed by atoms with Crippen LogP contribution in [0.3, 0.4) is 0 Å². The fourth-order valence-corrected chi connectivity index (χ4v) is 3.18. The molecule has 1 N–H and O–H groups in total. The fourth-order valence-electron chi connectivity index (χ4n) is 3.18. The summed E-state index contributed by atoms with van der Waals surface area (Å²) < 4.78 is 60.8. The normalized spacial score (nSPS) is 11.3. The summed E-state index contributed by atoms with van der Waals surface area (Å²) in [6.07, 6.45) is -1.14. The predicted molar refractivity (Wildman–Crippen MR) is 122 cm³/mol. The van der Waals surface area contributed by atoms with E-state index in [1.807, 2.05) is 7.05 Å².